The predicted octanol–water partition coefficient (Wildman–Crippen LogP) is 4.39. The van der Waals surface area contributed by atoms with E-state index < -0.39 is 0 Å². The number of nitrogens with zero attached hydrogens (tertiary/aromatic N) is 4. The molecule has 6 heteroatoms. The van der Waals surface area contributed by atoms with Gasteiger partial charge in [0.2, 0.25) is 0 Å². The first-order valence-corrected chi connectivity index (χ1v) is 10.1. The zero-order chi connectivity index (χ0) is 19.2. The Balaban J connectivity index is 1.63. The van der Waals surface area contributed by atoms with Crippen molar-refractivity contribution in [2.24, 2.45) is 0 Å². The molecule has 0 aliphatic rings. The third kappa shape index (κ3) is 4.83. The van der Waals surface area contributed by atoms with Crippen LogP contribution in [0.4, 0.5) is 0 Å². The molecule has 0 saturated carbocycles. The van der Waals surface area contributed by atoms with E-state index in [9.17, 15) is 4.79 Å². The fourth-order valence-corrected chi connectivity index (χ4v) is 3.70. The molecular weight excluding hydrogens is 356 g/mol. The smallest absolute Gasteiger partial charge is 0.191 e. The lowest BCUT2D eigenvalue weighted by Gasteiger charge is -2.08. The number of benzene rings is 1. The Labute approximate surface area is 164 Å². The minimum absolute atomic E-state index is 0.188. The van der Waals surface area contributed by atoms with Crippen LogP contribution in [0.1, 0.15) is 37.8 Å². The second-order valence-electron chi connectivity index (χ2n) is 6.69. The fraction of sp³-hybridized carbons (Fsp3) is 0.333. The second kappa shape index (κ2) is 8.95. The van der Waals surface area contributed by atoms with Gasteiger partial charge in [0.15, 0.2) is 11.0 Å². The molecule has 3 rings (SSSR count). The highest BCUT2D eigenvalue weighted by Crippen LogP contribution is 2.24. The lowest BCUT2D eigenvalue weighted by atomic mass is 10.0. The molecule has 2 heterocycles. The first-order chi connectivity index (χ1) is 13.1. The molecule has 0 fully saturated rings. The summed E-state index contributed by atoms with van der Waals surface area (Å²) in [6, 6.07) is 12.1. The lowest BCUT2D eigenvalue weighted by Crippen LogP contribution is -2.07. The summed E-state index contributed by atoms with van der Waals surface area (Å²) in [5, 5.41) is 9.35. The second-order valence-corrected chi connectivity index (χ2v) is 7.63. The summed E-state index contributed by atoms with van der Waals surface area (Å²) in [4.78, 5) is 16.4. The summed E-state index contributed by atoms with van der Waals surface area (Å²) < 4.78 is 2.03. The zero-order valence-corrected chi connectivity index (χ0v) is 16.7. The van der Waals surface area contributed by atoms with E-state index >= 15 is 0 Å². The van der Waals surface area contributed by atoms with E-state index in [4.69, 9.17) is 0 Å². The van der Waals surface area contributed by atoms with Gasteiger partial charge in [0, 0.05) is 30.9 Å². The first-order valence-electron chi connectivity index (χ1n) is 9.15. The summed E-state index contributed by atoms with van der Waals surface area (Å²) in [7, 11) is 0. The van der Waals surface area contributed by atoms with Crippen LogP contribution in [0.3, 0.4) is 0 Å². The number of rotatable bonds is 8. The lowest BCUT2D eigenvalue weighted by molar-refractivity contribution is -0.116. The molecule has 5 nitrogen and oxygen atoms in total. The minimum atomic E-state index is 0.188. The average molecular weight is 381 g/mol. The van der Waals surface area contributed by atoms with Crippen LogP contribution in [0.15, 0.2) is 53.9 Å². The van der Waals surface area contributed by atoms with E-state index in [1.54, 1.807) is 12.4 Å². The monoisotopic (exact) mass is 380 g/mol. The summed E-state index contributed by atoms with van der Waals surface area (Å²) in [6.45, 7) is 7.13. The summed E-state index contributed by atoms with van der Waals surface area (Å²) in [6.07, 6.45) is 3.93. The first kappa shape index (κ1) is 19.3. The van der Waals surface area contributed by atoms with Gasteiger partial charge in [-0.25, -0.2) is 0 Å². The third-order valence-electron chi connectivity index (χ3n) is 4.38. The molecule has 3 aromatic rings. The maximum atomic E-state index is 12.4. The number of aromatic nitrogens is 4. The van der Waals surface area contributed by atoms with E-state index in [0.29, 0.717) is 18.1 Å². The maximum absolute atomic E-state index is 12.4. The van der Waals surface area contributed by atoms with E-state index in [2.05, 4.69) is 48.1 Å². The van der Waals surface area contributed by atoms with Crippen molar-refractivity contribution in [2.75, 3.05) is 5.75 Å². The molecule has 0 aliphatic heterocycles. The van der Waals surface area contributed by atoms with Gasteiger partial charge in [-0.3, -0.25) is 9.78 Å². The number of carbonyl (C=O) groups is 1. The van der Waals surface area contributed by atoms with Crippen molar-refractivity contribution in [2.45, 2.75) is 44.8 Å². The van der Waals surface area contributed by atoms with Crippen LogP contribution in [-0.2, 0) is 17.8 Å². The van der Waals surface area contributed by atoms with E-state index in [1.165, 1.54) is 17.3 Å². The highest BCUT2D eigenvalue weighted by molar-refractivity contribution is 7.99. The Kier molecular flexibility index (Phi) is 6.40. The molecular formula is C21H24N4OS. The van der Waals surface area contributed by atoms with Crippen molar-refractivity contribution in [3.05, 3.63) is 59.9 Å². The van der Waals surface area contributed by atoms with Crippen molar-refractivity contribution in [3.8, 4) is 11.4 Å². The summed E-state index contributed by atoms with van der Waals surface area (Å²) in [5.41, 5.74) is 3.32. The quantitative estimate of drug-likeness (QED) is 0.543. The molecule has 0 amide bonds. The average Bonchev–Trinajstić information content (AvgIpc) is 3.10. The van der Waals surface area contributed by atoms with Crippen LogP contribution in [0.25, 0.3) is 11.4 Å². The molecule has 0 atom stereocenters. The van der Waals surface area contributed by atoms with Crippen LogP contribution < -0.4 is 0 Å². The Hall–Kier alpha value is -2.47. The Morgan fingerprint density at radius 3 is 2.41 bits per heavy atom. The molecule has 0 aliphatic carbocycles. The van der Waals surface area contributed by atoms with Crippen molar-refractivity contribution in [3.63, 3.8) is 0 Å². The van der Waals surface area contributed by atoms with Crippen molar-refractivity contribution in [1.82, 2.24) is 19.7 Å². The van der Waals surface area contributed by atoms with Gasteiger partial charge < -0.3 is 4.57 Å². The Bertz CT molecular complexity index is 888. The van der Waals surface area contributed by atoms with Gasteiger partial charge in [0.25, 0.3) is 0 Å². The van der Waals surface area contributed by atoms with E-state index in [0.717, 1.165) is 28.7 Å². The fourth-order valence-electron chi connectivity index (χ4n) is 2.84. The van der Waals surface area contributed by atoms with E-state index in [-0.39, 0.29) is 5.78 Å². The Morgan fingerprint density at radius 2 is 1.78 bits per heavy atom. The molecule has 27 heavy (non-hydrogen) atoms. The van der Waals surface area contributed by atoms with Crippen molar-refractivity contribution in [1.29, 1.82) is 0 Å². The van der Waals surface area contributed by atoms with Gasteiger partial charge in [-0.2, -0.15) is 0 Å². The van der Waals surface area contributed by atoms with Gasteiger partial charge >= 0.3 is 0 Å². The zero-order valence-electron chi connectivity index (χ0n) is 15.9. The van der Waals surface area contributed by atoms with Crippen LogP contribution >= 0.6 is 11.8 Å². The number of hydrogen-bond donors (Lipinski definition) is 0. The van der Waals surface area contributed by atoms with Crippen LogP contribution in [0.5, 0.6) is 0 Å². The van der Waals surface area contributed by atoms with Crippen LogP contribution in [0, 0.1) is 0 Å². The minimum Gasteiger partial charge on any atom is -0.302 e. The molecule has 1 aromatic carbocycles. The maximum Gasteiger partial charge on any atom is 0.191 e. The largest absolute Gasteiger partial charge is 0.302 e. The van der Waals surface area contributed by atoms with Gasteiger partial charge in [-0.05, 0) is 36.1 Å². The number of ketones is 1. The molecule has 0 saturated heterocycles. The molecule has 0 spiro atoms. The predicted molar refractivity (Wildman–Crippen MR) is 109 cm³/mol. The van der Waals surface area contributed by atoms with Crippen LogP contribution in [0.2, 0.25) is 0 Å². The van der Waals surface area contributed by atoms with Gasteiger partial charge in [0.05, 0.1) is 5.75 Å². The molecule has 140 valence electrons. The molecule has 2 aromatic heterocycles. The van der Waals surface area contributed by atoms with Gasteiger partial charge in [0.1, 0.15) is 5.78 Å². The number of Topliss-reactive ketones (excluding diaryl/α,β-unsaturated/α-hetero) is 1. The Morgan fingerprint density at radius 1 is 1.07 bits per heavy atom. The standard InChI is InChI=1S/C21H24N4OS/c1-4-25-20(18-9-11-22-12-10-18)23-24-21(25)27-14-19(26)13-16-5-7-17(8-6-16)15(2)3/h5-12,15H,4,13-14H2,1-3H3. The third-order valence-corrected chi connectivity index (χ3v) is 5.41. The number of carbonyl (C=O) groups excluding carboxylic acids is 1. The highest BCUT2D eigenvalue weighted by Gasteiger charge is 2.14. The molecule has 0 bridgehead atoms. The van der Waals surface area contributed by atoms with Gasteiger partial charge in [-0.15, -0.1) is 10.2 Å². The summed E-state index contributed by atoms with van der Waals surface area (Å²) >= 11 is 1.45. The van der Waals surface area contributed by atoms with Crippen molar-refractivity contribution < 1.29 is 4.79 Å². The topological polar surface area (TPSA) is 60.7 Å². The molecule has 0 radical (unpaired) electrons. The van der Waals surface area contributed by atoms with Gasteiger partial charge in [-0.1, -0.05) is 49.9 Å². The van der Waals surface area contributed by atoms with E-state index in [1.807, 2.05) is 28.8 Å². The SMILES string of the molecule is CCn1c(SCC(=O)Cc2ccc(C(C)C)cc2)nnc1-c1ccncc1. The number of pyridine rings is 1. The number of hydrogen-bond acceptors (Lipinski definition) is 5. The van der Waals surface area contributed by atoms with Crippen LogP contribution in [-0.4, -0.2) is 31.3 Å². The summed E-state index contributed by atoms with van der Waals surface area (Å²) in [5.74, 6) is 1.88. The van der Waals surface area contributed by atoms with Crippen molar-refractivity contribution >= 4 is 17.5 Å². The number of thioether (sulfide) groups is 1. The normalized spacial score (nSPS) is 11.1. The highest BCUT2D eigenvalue weighted by atomic mass is 32.2. The molecule has 0 N–H and O–H groups in total. The molecule has 0 unspecified atom stereocenters.